The molecule has 0 saturated heterocycles. The zero-order valence-electron chi connectivity index (χ0n) is 7.26. The third-order valence-electron chi connectivity index (χ3n) is 2.81. The van der Waals surface area contributed by atoms with E-state index in [0.717, 1.165) is 18.7 Å². The first kappa shape index (κ1) is 7.58. The molecule has 1 heterocycles. The van der Waals surface area contributed by atoms with Gasteiger partial charge in [0.25, 0.3) is 0 Å². The van der Waals surface area contributed by atoms with E-state index in [2.05, 4.69) is 28.5 Å². The van der Waals surface area contributed by atoms with E-state index in [1.807, 2.05) is 0 Å². The van der Waals surface area contributed by atoms with Crippen LogP contribution in [0.5, 0.6) is 0 Å². The molecule has 12 heavy (non-hydrogen) atoms. The summed E-state index contributed by atoms with van der Waals surface area (Å²) < 4.78 is 4.48. The highest BCUT2D eigenvalue weighted by Crippen LogP contribution is 2.51. The zero-order chi connectivity index (χ0) is 8.77. The second-order valence-electron chi connectivity index (χ2n) is 3.75. The molecule has 1 aliphatic carbocycles. The molecule has 1 aromatic heterocycles. The molecule has 0 bridgehead atoms. The van der Waals surface area contributed by atoms with Crippen molar-refractivity contribution in [2.24, 2.45) is 5.92 Å². The quantitative estimate of drug-likeness (QED) is 0.718. The number of rotatable bonds is 2. The predicted molar refractivity (Wildman–Crippen MR) is 42.9 cm³/mol. The summed E-state index contributed by atoms with van der Waals surface area (Å²) in [5.41, 5.74) is 0.103. The van der Waals surface area contributed by atoms with E-state index in [-0.39, 0.29) is 5.41 Å². The molecule has 0 amide bonds. The highest BCUT2D eigenvalue weighted by atomic mass is 16.5. The van der Waals surface area contributed by atoms with E-state index in [1.165, 1.54) is 0 Å². The number of aromatic nitrogens is 2. The Morgan fingerprint density at radius 1 is 1.58 bits per heavy atom. The first-order valence-corrected chi connectivity index (χ1v) is 4.21. The van der Waals surface area contributed by atoms with Crippen LogP contribution in [0.15, 0.2) is 9.32 Å². The molecule has 0 aliphatic heterocycles. The Bertz CT molecular complexity index is 333. The van der Waals surface area contributed by atoms with Crippen LogP contribution in [0.1, 0.15) is 32.5 Å². The molecule has 1 N–H and O–H groups in total. The summed E-state index contributed by atoms with van der Waals surface area (Å²) in [4.78, 5) is 13.3. The molecular formula is C8H12N2O2. The van der Waals surface area contributed by atoms with Gasteiger partial charge in [-0.2, -0.15) is 0 Å². The second kappa shape index (κ2) is 2.21. The van der Waals surface area contributed by atoms with Crippen molar-refractivity contribution in [2.75, 3.05) is 0 Å². The number of nitrogens with zero attached hydrogens (tertiary/aromatic N) is 1. The number of hydrogen-bond acceptors (Lipinski definition) is 3. The summed E-state index contributed by atoms with van der Waals surface area (Å²) >= 11 is 0. The van der Waals surface area contributed by atoms with E-state index >= 15 is 0 Å². The highest BCUT2D eigenvalue weighted by molar-refractivity contribution is 5.17. The fourth-order valence-corrected chi connectivity index (χ4v) is 1.67. The Labute approximate surface area is 70.0 Å². The average molecular weight is 168 g/mol. The Hall–Kier alpha value is -1.06. The third-order valence-corrected chi connectivity index (χ3v) is 2.81. The monoisotopic (exact) mass is 168 g/mol. The molecule has 0 atom stereocenters. The summed E-state index contributed by atoms with van der Waals surface area (Å²) in [6.07, 6.45) is 2.21. The largest absolute Gasteiger partial charge is 0.438 e. The maximum absolute atomic E-state index is 10.7. The van der Waals surface area contributed by atoms with Crippen LogP contribution < -0.4 is 5.76 Å². The molecule has 1 fully saturated rings. The Kier molecular flexibility index (Phi) is 1.40. The van der Waals surface area contributed by atoms with Gasteiger partial charge in [-0.3, -0.25) is 9.51 Å². The lowest BCUT2D eigenvalue weighted by Gasteiger charge is -2.14. The molecule has 4 nitrogen and oxygen atoms in total. The van der Waals surface area contributed by atoms with Crippen LogP contribution in [-0.4, -0.2) is 10.1 Å². The van der Waals surface area contributed by atoms with Crippen molar-refractivity contribution in [2.45, 2.75) is 32.1 Å². The minimum atomic E-state index is -0.447. The number of nitrogens with one attached hydrogen (secondary N) is 1. The Morgan fingerprint density at radius 2 is 2.25 bits per heavy atom. The molecular weight excluding hydrogens is 156 g/mol. The highest BCUT2D eigenvalue weighted by Gasteiger charge is 2.50. The smallest absolute Gasteiger partial charge is 0.296 e. The lowest BCUT2D eigenvalue weighted by Crippen LogP contribution is -2.17. The topological polar surface area (TPSA) is 58.9 Å². The van der Waals surface area contributed by atoms with Crippen LogP contribution in [0.3, 0.4) is 0 Å². The van der Waals surface area contributed by atoms with Gasteiger partial charge in [-0.15, -0.1) is 0 Å². The van der Waals surface area contributed by atoms with Crippen molar-refractivity contribution in [3.05, 3.63) is 16.4 Å². The molecule has 0 unspecified atom stereocenters. The van der Waals surface area contributed by atoms with Crippen LogP contribution in [0, 0.1) is 5.92 Å². The number of H-pyrrole nitrogens is 1. The molecule has 66 valence electrons. The Morgan fingerprint density at radius 3 is 2.58 bits per heavy atom. The van der Waals surface area contributed by atoms with Gasteiger partial charge in [0.15, 0.2) is 5.82 Å². The molecule has 4 heteroatoms. The lowest BCUT2D eigenvalue weighted by molar-refractivity contribution is 0.363. The molecule has 1 saturated carbocycles. The van der Waals surface area contributed by atoms with Crippen LogP contribution in [0.4, 0.5) is 0 Å². The zero-order valence-corrected chi connectivity index (χ0v) is 7.26. The standard InChI is InChI=1S/C8H12N2O2/c1-5(2)8(3-4-8)6-9-7(11)12-10-6/h5H,3-4H2,1-2H3,(H,9,10,11). The fourth-order valence-electron chi connectivity index (χ4n) is 1.67. The van der Waals surface area contributed by atoms with Gasteiger partial charge in [-0.1, -0.05) is 19.0 Å². The van der Waals surface area contributed by atoms with Crippen molar-refractivity contribution in [3.8, 4) is 0 Å². The molecule has 0 aromatic carbocycles. The minimum absolute atomic E-state index is 0.103. The van der Waals surface area contributed by atoms with Crippen LogP contribution in [0.25, 0.3) is 0 Å². The molecule has 2 rings (SSSR count). The lowest BCUT2D eigenvalue weighted by atomic mass is 9.92. The maximum atomic E-state index is 10.7. The number of hydrogen-bond donors (Lipinski definition) is 1. The van der Waals surface area contributed by atoms with E-state index in [4.69, 9.17) is 0 Å². The van der Waals surface area contributed by atoms with E-state index in [9.17, 15) is 4.79 Å². The fraction of sp³-hybridized carbons (Fsp3) is 0.750. The normalized spacial score (nSPS) is 19.9. The minimum Gasteiger partial charge on any atom is -0.296 e. The second-order valence-corrected chi connectivity index (χ2v) is 3.75. The first-order chi connectivity index (χ1) is 5.65. The van der Waals surface area contributed by atoms with Gasteiger partial charge in [0.2, 0.25) is 0 Å². The van der Waals surface area contributed by atoms with Gasteiger partial charge in [-0.25, -0.2) is 4.79 Å². The molecule has 0 spiro atoms. The Balaban J connectivity index is 2.36. The first-order valence-electron chi connectivity index (χ1n) is 4.21. The molecule has 1 aromatic rings. The van der Waals surface area contributed by atoms with Crippen molar-refractivity contribution in [1.82, 2.24) is 10.1 Å². The summed E-state index contributed by atoms with van der Waals surface area (Å²) in [6.45, 7) is 4.28. The summed E-state index contributed by atoms with van der Waals surface area (Å²) in [5, 5.41) is 3.73. The average Bonchev–Trinajstić information content (AvgIpc) is 2.71. The van der Waals surface area contributed by atoms with E-state index < -0.39 is 5.76 Å². The van der Waals surface area contributed by atoms with Crippen LogP contribution in [0.2, 0.25) is 0 Å². The van der Waals surface area contributed by atoms with Crippen molar-refractivity contribution < 1.29 is 4.52 Å². The summed E-state index contributed by atoms with van der Waals surface area (Å²) in [7, 11) is 0. The predicted octanol–water partition coefficient (Wildman–Crippen LogP) is 1.05. The van der Waals surface area contributed by atoms with Gasteiger partial charge in [0.1, 0.15) is 0 Å². The van der Waals surface area contributed by atoms with Gasteiger partial charge >= 0.3 is 5.76 Å². The maximum Gasteiger partial charge on any atom is 0.438 e. The molecule has 0 radical (unpaired) electrons. The van der Waals surface area contributed by atoms with Crippen LogP contribution >= 0.6 is 0 Å². The van der Waals surface area contributed by atoms with Crippen molar-refractivity contribution in [3.63, 3.8) is 0 Å². The van der Waals surface area contributed by atoms with Gasteiger partial charge in [-0.05, 0) is 18.8 Å². The molecule has 1 aliphatic rings. The van der Waals surface area contributed by atoms with Crippen LogP contribution in [-0.2, 0) is 5.41 Å². The van der Waals surface area contributed by atoms with Gasteiger partial charge in [0.05, 0.1) is 0 Å². The van der Waals surface area contributed by atoms with Crippen molar-refractivity contribution in [1.29, 1.82) is 0 Å². The van der Waals surface area contributed by atoms with Crippen molar-refractivity contribution >= 4 is 0 Å². The SMILES string of the molecule is CC(C)C1(c2noc(=O)[nH]2)CC1. The summed E-state index contributed by atoms with van der Waals surface area (Å²) in [5.74, 6) is 0.790. The summed E-state index contributed by atoms with van der Waals surface area (Å²) in [6, 6.07) is 0. The van der Waals surface area contributed by atoms with E-state index in [1.54, 1.807) is 0 Å². The third kappa shape index (κ3) is 0.906. The van der Waals surface area contributed by atoms with Gasteiger partial charge in [0, 0.05) is 5.41 Å². The van der Waals surface area contributed by atoms with E-state index in [0.29, 0.717) is 5.92 Å². The van der Waals surface area contributed by atoms with Gasteiger partial charge < -0.3 is 0 Å². The number of aromatic amines is 1.